The summed E-state index contributed by atoms with van der Waals surface area (Å²) in [6.45, 7) is 18.9. The van der Waals surface area contributed by atoms with Crippen LogP contribution in [0.3, 0.4) is 0 Å². The molecule has 4 aliphatic rings. The maximum absolute atomic E-state index is 6.56. The normalized spacial score (nSPS) is 19.6. The molecule has 0 N–H and O–H groups in total. The van der Waals surface area contributed by atoms with Gasteiger partial charge in [0, 0.05) is 16.6 Å². The molecule has 0 saturated heterocycles. The van der Waals surface area contributed by atoms with Gasteiger partial charge in [0.15, 0.2) is 0 Å². The van der Waals surface area contributed by atoms with Gasteiger partial charge in [-0.05, 0) is 117 Å². The Balaban J connectivity index is 1.12. The van der Waals surface area contributed by atoms with E-state index in [1.54, 1.807) is 0 Å². The van der Waals surface area contributed by atoms with Gasteiger partial charge in [0.1, 0.15) is 11.5 Å². The number of nitrogens with zero attached hydrogens (tertiary/aromatic N) is 2. The molecule has 5 heteroatoms. The Morgan fingerprint density at radius 2 is 0.898 bits per heavy atom. The lowest BCUT2D eigenvalue weighted by atomic mass is 9.35. The van der Waals surface area contributed by atoms with Crippen LogP contribution in [-0.2, 0) is 21.7 Å². The highest BCUT2D eigenvalue weighted by molar-refractivity contribution is 6.98. The van der Waals surface area contributed by atoms with Crippen LogP contribution in [0.1, 0.15) is 103 Å². The van der Waals surface area contributed by atoms with E-state index in [-0.39, 0.29) is 28.4 Å². The summed E-state index contributed by atoms with van der Waals surface area (Å²) in [5, 5.41) is 0. The lowest BCUT2D eigenvalue weighted by Crippen LogP contribution is -2.57. The molecule has 2 aliphatic carbocycles. The number of hydrogen-bond donors (Lipinski definition) is 0. The average Bonchev–Trinajstić information content (AvgIpc) is 3.08. The van der Waals surface area contributed by atoms with Gasteiger partial charge in [-0.1, -0.05) is 97.9 Å². The minimum atomic E-state index is -0.0756. The lowest BCUT2D eigenvalue weighted by molar-refractivity contribution is 0.332. The van der Waals surface area contributed by atoms with E-state index in [1.807, 2.05) is 18.2 Å². The maximum Gasteiger partial charge on any atom is 0.265 e. The van der Waals surface area contributed by atoms with E-state index in [4.69, 9.17) is 19.4 Å². The van der Waals surface area contributed by atoms with Gasteiger partial charge in [-0.2, -0.15) is 0 Å². The third-order valence-electron chi connectivity index (χ3n) is 12.4. The average molecular weight is 645 g/mol. The van der Waals surface area contributed by atoms with E-state index in [2.05, 4.69) is 116 Å². The fourth-order valence-corrected chi connectivity index (χ4v) is 9.00. The third-order valence-corrected chi connectivity index (χ3v) is 12.4. The van der Waals surface area contributed by atoms with Gasteiger partial charge in [0.05, 0.1) is 11.4 Å². The molecule has 0 spiro atoms. The summed E-state index contributed by atoms with van der Waals surface area (Å²) in [7, 11) is 0. The van der Waals surface area contributed by atoms with E-state index in [0.717, 1.165) is 50.4 Å². The molecule has 5 aromatic rings. The minimum absolute atomic E-state index is 0.0756. The predicted octanol–water partition coefficient (Wildman–Crippen LogP) is 9.24. The summed E-state index contributed by atoms with van der Waals surface area (Å²) < 4.78 is 13.1. The second kappa shape index (κ2) is 10.1. The summed E-state index contributed by atoms with van der Waals surface area (Å²) in [6.07, 6.45) is 4.76. The number of pyridine rings is 2. The van der Waals surface area contributed by atoms with Crippen LogP contribution in [0.25, 0.3) is 22.5 Å². The first-order valence-corrected chi connectivity index (χ1v) is 18.0. The van der Waals surface area contributed by atoms with Crippen molar-refractivity contribution in [2.75, 3.05) is 0 Å². The van der Waals surface area contributed by atoms with E-state index >= 15 is 0 Å². The standard InChI is InChI=1S/C44H45BN2O2/c1-41(2)20-22-43(5,6)30-24-26(12-14-28(30)41)34-18-16-32-39(46-34)48-36-10-9-11-37-38(36)45(32)33-17-19-35(47-40(33)49-37)27-13-15-29-31(25-27)44(7,8)23-21-42(29,3)4/h9-19,24-25H,20-23H2,1-8H3. The topological polar surface area (TPSA) is 44.2 Å². The fourth-order valence-electron chi connectivity index (χ4n) is 9.00. The number of hydrogen-bond acceptors (Lipinski definition) is 4. The Bertz CT molecular complexity index is 2060. The van der Waals surface area contributed by atoms with Gasteiger partial charge in [0.25, 0.3) is 6.71 Å². The monoisotopic (exact) mass is 644 g/mol. The van der Waals surface area contributed by atoms with Crippen molar-refractivity contribution in [3.8, 4) is 45.8 Å². The van der Waals surface area contributed by atoms with Gasteiger partial charge in [-0.25, -0.2) is 9.97 Å². The van der Waals surface area contributed by atoms with Crippen LogP contribution in [0.15, 0.2) is 78.9 Å². The molecule has 9 rings (SSSR count). The van der Waals surface area contributed by atoms with Crippen molar-refractivity contribution in [2.45, 2.75) is 103 Å². The number of benzene rings is 3. The van der Waals surface area contributed by atoms with Gasteiger partial charge < -0.3 is 9.47 Å². The van der Waals surface area contributed by atoms with E-state index in [9.17, 15) is 0 Å². The molecule has 0 fully saturated rings. The number of aromatic nitrogens is 2. The summed E-state index contributed by atoms with van der Waals surface area (Å²) in [6, 6.07) is 28.7. The SMILES string of the molecule is CC1(C)CCC(C)(C)c2cc(-c3ccc4c(n3)Oc3cccc5c3B4c3ccc(-c4ccc6c(c4)C(C)(C)CCC6(C)C)nc3O5)ccc21. The molecule has 0 unspecified atom stereocenters. The summed E-state index contributed by atoms with van der Waals surface area (Å²) >= 11 is 0. The van der Waals surface area contributed by atoms with Crippen molar-refractivity contribution in [3.05, 3.63) is 101 Å². The molecule has 49 heavy (non-hydrogen) atoms. The van der Waals surface area contributed by atoms with Gasteiger partial charge in [-0.15, -0.1) is 0 Å². The minimum Gasteiger partial charge on any atom is -0.440 e. The summed E-state index contributed by atoms with van der Waals surface area (Å²) in [5.74, 6) is 2.89. The Morgan fingerprint density at radius 1 is 0.490 bits per heavy atom. The van der Waals surface area contributed by atoms with E-state index in [1.165, 1.54) is 47.9 Å². The van der Waals surface area contributed by atoms with Crippen LogP contribution in [0.4, 0.5) is 0 Å². The van der Waals surface area contributed by atoms with Gasteiger partial charge >= 0.3 is 0 Å². The van der Waals surface area contributed by atoms with Crippen LogP contribution in [0, 0.1) is 0 Å². The molecule has 246 valence electrons. The highest BCUT2D eigenvalue weighted by atomic mass is 16.5. The molecule has 0 atom stereocenters. The Labute approximate surface area is 291 Å². The van der Waals surface area contributed by atoms with E-state index < -0.39 is 0 Å². The number of ether oxygens (including phenoxy) is 2. The Morgan fingerprint density at radius 3 is 1.33 bits per heavy atom. The molecule has 3 aromatic carbocycles. The largest absolute Gasteiger partial charge is 0.440 e. The highest BCUT2D eigenvalue weighted by Crippen LogP contribution is 2.48. The first kappa shape index (κ1) is 30.7. The second-order valence-electron chi connectivity index (χ2n) is 17.5. The van der Waals surface area contributed by atoms with Crippen LogP contribution < -0.4 is 25.9 Å². The quantitative estimate of drug-likeness (QED) is 0.176. The highest BCUT2D eigenvalue weighted by Gasteiger charge is 2.42. The zero-order chi connectivity index (χ0) is 34.1. The zero-order valence-electron chi connectivity index (χ0n) is 30.1. The second-order valence-corrected chi connectivity index (χ2v) is 17.5. The predicted molar refractivity (Wildman–Crippen MR) is 201 cm³/mol. The molecule has 2 aromatic heterocycles. The molecular formula is C44H45BN2O2. The summed E-state index contributed by atoms with van der Waals surface area (Å²) in [5.41, 5.74) is 13.6. The van der Waals surface area contributed by atoms with Gasteiger partial charge in [-0.3, -0.25) is 0 Å². The van der Waals surface area contributed by atoms with Crippen molar-refractivity contribution >= 4 is 23.1 Å². The van der Waals surface area contributed by atoms with Crippen LogP contribution in [0.5, 0.6) is 23.3 Å². The van der Waals surface area contributed by atoms with Crippen molar-refractivity contribution in [1.29, 1.82) is 0 Å². The number of fused-ring (bicyclic) bond motifs is 6. The molecule has 0 amide bonds. The molecule has 0 saturated carbocycles. The Kier molecular flexibility index (Phi) is 6.32. The van der Waals surface area contributed by atoms with Crippen LogP contribution >= 0.6 is 0 Å². The lowest BCUT2D eigenvalue weighted by Gasteiger charge is -2.42. The maximum atomic E-state index is 6.56. The first-order chi connectivity index (χ1) is 23.2. The Hall–Kier alpha value is -4.38. The molecule has 2 aliphatic heterocycles. The number of rotatable bonds is 2. The van der Waals surface area contributed by atoms with Gasteiger partial charge in [0.2, 0.25) is 11.8 Å². The smallest absolute Gasteiger partial charge is 0.265 e. The fraction of sp³-hybridized carbons (Fsp3) is 0.364. The van der Waals surface area contributed by atoms with Crippen molar-refractivity contribution in [1.82, 2.24) is 9.97 Å². The van der Waals surface area contributed by atoms with Crippen molar-refractivity contribution in [2.24, 2.45) is 0 Å². The summed E-state index contributed by atoms with van der Waals surface area (Å²) in [4.78, 5) is 10.4. The zero-order valence-corrected chi connectivity index (χ0v) is 30.1. The molecule has 0 bridgehead atoms. The molecule has 0 radical (unpaired) electrons. The van der Waals surface area contributed by atoms with E-state index in [0.29, 0.717) is 11.8 Å². The first-order valence-electron chi connectivity index (χ1n) is 18.0. The van der Waals surface area contributed by atoms with Crippen LogP contribution in [-0.4, -0.2) is 16.7 Å². The molecular weight excluding hydrogens is 599 g/mol. The van der Waals surface area contributed by atoms with Crippen molar-refractivity contribution < 1.29 is 9.47 Å². The van der Waals surface area contributed by atoms with Crippen molar-refractivity contribution in [3.63, 3.8) is 0 Å². The third kappa shape index (κ3) is 4.64. The van der Waals surface area contributed by atoms with Crippen LogP contribution in [0.2, 0.25) is 0 Å². The molecule has 4 heterocycles. The molecule has 4 nitrogen and oxygen atoms in total.